The summed E-state index contributed by atoms with van der Waals surface area (Å²) in [5.74, 6) is -0.604. The largest absolute Gasteiger partial charge is 0.502 e. The smallest absolute Gasteiger partial charge is 0.226 e. The molecule has 0 aliphatic carbocycles. The van der Waals surface area contributed by atoms with Gasteiger partial charge < -0.3 is 34.6 Å². The van der Waals surface area contributed by atoms with E-state index in [1.54, 1.807) is 0 Å². The average Bonchev–Trinajstić information content (AvgIpc) is 2.76. The second kappa shape index (κ2) is 10.8. The van der Waals surface area contributed by atoms with Gasteiger partial charge in [0.15, 0.2) is 11.5 Å². The van der Waals surface area contributed by atoms with E-state index in [4.69, 9.17) is 8.83 Å². The molecule has 0 unspecified atom stereocenters. The molecule has 0 spiro atoms. The first-order valence-electron chi connectivity index (χ1n) is 10.7. The third-order valence-electron chi connectivity index (χ3n) is 6.06. The van der Waals surface area contributed by atoms with Gasteiger partial charge in [0.25, 0.3) is 0 Å². The molecule has 2 aromatic rings. The quantitative estimate of drug-likeness (QED) is 0.489. The molecule has 1 saturated heterocycles. The van der Waals surface area contributed by atoms with Gasteiger partial charge in [0.05, 0.1) is 12.5 Å². The summed E-state index contributed by atoms with van der Waals surface area (Å²) < 4.78 is 11.0. The molecule has 1 fully saturated rings. The lowest BCUT2D eigenvalue weighted by Crippen LogP contribution is -2.58. The molecular weight excluding hydrogens is 416 g/mol. The lowest BCUT2D eigenvalue weighted by atomic mass is 9.85. The minimum atomic E-state index is -0.775. The van der Waals surface area contributed by atoms with Crippen molar-refractivity contribution in [3.05, 3.63) is 56.6 Å². The first-order valence-corrected chi connectivity index (χ1v) is 10.7. The van der Waals surface area contributed by atoms with Crippen molar-refractivity contribution in [1.29, 1.82) is 0 Å². The van der Waals surface area contributed by atoms with Gasteiger partial charge in [-0.15, -0.1) is 0 Å². The Labute approximate surface area is 186 Å². The van der Waals surface area contributed by atoms with Crippen molar-refractivity contribution < 1.29 is 19.0 Å². The molecule has 1 aliphatic heterocycles. The highest BCUT2D eigenvalue weighted by Gasteiger charge is 2.39. The minimum Gasteiger partial charge on any atom is -0.502 e. The highest BCUT2D eigenvalue weighted by molar-refractivity contribution is 5.28. The third kappa shape index (κ3) is 5.77. The summed E-state index contributed by atoms with van der Waals surface area (Å²) in [7, 11) is 3.99. The van der Waals surface area contributed by atoms with Crippen LogP contribution in [0.3, 0.4) is 0 Å². The SMILES string of the molecule is CN1CCNCCN(C)C(Cc2occc(=O)c2O)(Cc2occc(=O)c2O)CNCC1. The normalized spacial score (nSPS) is 19.2. The molecule has 32 heavy (non-hydrogen) atoms. The molecule has 10 nitrogen and oxygen atoms in total. The predicted octanol–water partition coefficient (Wildman–Crippen LogP) is -0.415. The van der Waals surface area contributed by atoms with Crippen LogP contribution in [0.2, 0.25) is 0 Å². The molecule has 2 aromatic heterocycles. The van der Waals surface area contributed by atoms with E-state index in [2.05, 4.69) is 27.5 Å². The van der Waals surface area contributed by atoms with E-state index in [-0.39, 0.29) is 24.4 Å². The van der Waals surface area contributed by atoms with Gasteiger partial charge in [-0.1, -0.05) is 0 Å². The number of hydrogen-bond acceptors (Lipinski definition) is 10. The second-order valence-corrected chi connectivity index (χ2v) is 8.34. The highest BCUT2D eigenvalue weighted by atomic mass is 16.4. The lowest BCUT2D eigenvalue weighted by Gasteiger charge is -2.42. The van der Waals surface area contributed by atoms with E-state index >= 15 is 0 Å². The molecule has 0 amide bonds. The van der Waals surface area contributed by atoms with Crippen molar-refractivity contribution in [2.45, 2.75) is 18.4 Å². The standard InChI is InChI=1S/C22H32N4O6/c1-25-8-5-23-7-10-26(2)22(15-24-6-9-25,13-18-20(29)16(27)3-11-31-18)14-19-21(30)17(28)4-12-32-19/h3-4,11-12,23-24,29-30H,5-10,13-15H2,1-2H3. The van der Waals surface area contributed by atoms with E-state index < -0.39 is 27.9 Å². The Morgan fingerprint density at radius 3 is 1.94 bits per heavy atom. The maximum absolute atomic E-state index is 12.0. The first-order chi connectivity index (χ1) is 15.3. The van der Waals surface area contributed by atoms with Gasteiger partial charge in [-0.3, -0.25) is 14.5 Å². The number of hydrogen-bond donors (Lipinski definition) is 4. The molecule has 4 N–H and O–H groups in total. The molecule has 3 heterocycles. The van der Waals surface area contributed by atoms with Crippen LogP contribution in [0.1, 0.15) is 11.5 Å². The fourth-order valence-corrected chi connectivity index (χ4v) is 3.92. The second-order valence-electron chi connectivity index (χ2n) is 8.34. The summed E-state index contributed by atoms with van der Waals surface area (Å²) in [6.07, 6.45) is 2.83. The number of nitrogens with zero attached hydrogens (tertiary/aromatic N) is 2. The number of rotatable bonds is 4. The lowest BCUT2D eigenvalue weighted by molar-refractivity contribution is 0.0971. The van der Waals surface area contributed by atoms with E-state index in [9.17, 15) is 19.8 Å². The van der Waals surface area contributed by atoms with Gasteiger partial charge >= 0.3 is 0 Å². The number of aromatic hydroxyl groups is 2. The zero-order valence-electron chi connectivity index (χ0n) is 18.6. The molecule has 0 bridgehead atoms. The van der Waals surface area contributed by atoms with E-state index in [1.807, 2.05) is 7.05 Å². The topological polar surface area (TPSA) is 131 Å². The zero-order chi connectivity index (χ0) is 23.1. The van der Waals surface area contributed by atoms with Crippen LogP contribution in [0.25, 0.3) is 0 Å². The molecule has 1 aliphatic rings. The van der Waals surface area contributed by atoms with Crippen LogP contribution in [0.5, 0.6) is 11.5 Å². The molecule has 0 aromatic carbocycles. The predicted molar refractivity (Wildman–Crippen MR) is 119 cm³/mol. The summed E-state index contributed by atoms with van der Waals surface area (Å²) in [5, 5.41) is 27.6. The monoisotopic (exact) mass is 448 g/mol. The minimum absolute atomic E-state index is 0.140. The van der Waals surface area contributed by atoms with Gasteiger partial charge in [-0.25, -0.2) is 0 Å². The van der Waals surface area contributed by atoms with Gasteiger partial charge in [0, 0.05) is 76.3 Å². The van der Waals surface area contributed by atoms with Crippen LogP contribution >= 0.6 is 0 Å². The van der Waals surface area contributed by atoms with Crippen molar-refractivity contribution in [1.82, 2.24) is 20.4 Å². The van der Waals surface area contributed by atoms with Crippen LogP contribution in [0, 0.1) is 0 Å². The van der Waals surface area contributed by atoms with Crippen molar-refractivity contribution in [3.63, 3.8) is 0 Å². The Morgan fingerprint density at radius 1 is 0.875 bits per heavy atom. The zero-order valence-corrected chi connectivity index (χ0v) is 18.6. The van der Waals surface area contributed by atoms with Gasteiger partial charge in [0.2, 0.25) is 22.4 Å². The Morgan fingerprint density at radius 2 is 1.38 bits per heavy atom. The Hall–Kier alpha value is -2.66. The van der Waals surface area contributed by atoms with Crippen LogP contribution in [-0.4, -0.2) is 85.5 Å². The van der Waals surface area contributed by atoms with Crippen LogP contribution in [0.4, 0.5) is 0 Å². The van der Waals surface area contributed by atoms with E-state index in [1.165, 1.54) is 12.5 Å². The van der Waals surface area contributed by atoms with Crippen molar-refractivity contribution in [2.75, 3.05) is 59.9 Å². The van der Waals surface area contributed by atoms with Crippen molar-refractivity contribution in [3.8, 4) is 11.5 Å². The molecule has 0 atom stereocenters. The molecule has 3 rings (SSSR count). The van der Waals surface area contributed by atoms with Gasteiger partial charge in [-0.2, -0.15) is 0 Å². The van der Waals surface area contributed by atoms with Crippen LogP contribution in [0.15, 0.2) is 43.1 Å². The fraction of sp³-hybridized carbons (Fsp3) is 0.545. The number of nitrogens with one attached hydrogen (secondary N) is 2. The Balaban J connectivity index is 2.02. The fourth-order valence-electron chi connectivity index (χ4n) is 3.92. The first kappa shape index (κ1) is 24.0. The summed E-state index contributed by atoms with van der Waals surface area (Å²) in [6, 6.07) is 2.33. The molecular formula is C22H32N4O6. The average molecular weight is 449 g/mol. The molecule has 0 saturated carbocycles. The van der Waals surface area contributed by atoms with Crippen molar-refractivity contribution >= 4 is 0 Å². The number of likely N-dealkylation sites (N-methyl/N-ethyl adjacent to an activating group) is 2. The van der Waals surface area contributed by atoms with E-state index in [0.717, 1.165) is 31.8 Å². The summed E-state index contributed by atoms with van der Waals surface area (Å²) in [5.41, 5.74) is -1.83. The van der Waals surface area contributed by atoms with Gasteiger partial charge in [-0.05, 0) is 14.1 Å². The van der Waals surface area contributed by atoms with Crippen molar-refractivity contribution in [2.24, 2.45) is 0 Å². The third-order valence-corrected chi connectivity index (χ3v) is 6.06. The van der Waals surface area contributed by atoms with Gasteiger partial charge in [0.1, 0.15) is 0 Å². The highest BCUT2D eigenvalue weighted by Crippen LogP contribution is 2.29. The maximum atomic E-state index is 12.0. The molecule has 0 radical (unpaired) electrons. The van der Waals surface area contributed by atoms with Crippen LogP contribution < -0.4 is 21.5 Å². The Kier molecular flexibility index (Phi) is 8.08. The summed E-state index contributed by atoms with van der Waals surface area (Å²) >= 11 is 0. The molecule has 176 valence electrons. The van der Waals surface area contributed by atoms with E-state index in [0.29, 0.717) is 26.2 Å². The summed E-state index contributed by atoms with van der Waals surface area (Å²) in [4.78, 5) is 28.3. The summed E-state index contributed by atoms with van der Waals surface area (Å²) in [6.45, 7) is 5.11. The maximum Gasteiger partial charge on any atom is 0.226 e. The molecule has 10 heteroatoms. The Bertz CT molecular complexity index is 943. The van der Waals surface area contributed by atoms with Crippen LogP contribution in [-0.2, 0) is 12.8 Å².